The Hall–Kier alpha value is -1.47. The monoisotopic (exact) mass is 414 g/mol. The van der Waals surface area contributed by atoms with E-state index in [-0.39, 0.29) is 11.7 Å². The van der Waals surface area contributed by atoms with Crippen LogP contribution in [0.15, 0.2) is 28.1 Å². The Morgan fingerprint density at radius 3 is 2.92 bits per heavy atom. The Kier molecular flexibility index (Phi) is 7.17. The third-order valence-corrected chi connectivity index (χ3v) is 5.00. The third kappa shape index (κ3) is 5.87. The van der Waals surface area contributed by atoms with Crippen molar-refractivity contribution in [2.45, 2.75) is 39.2 Å². The zero-order chi connectivity index (χ0) is 17.5. The zero-order valence-corrected chi connectivity index (χ0v) is 16.0. The van der Waals surface area contributed by atoms with Crippen LogP contribution in [0.3, 0.4) is 0 Å². The number of amides is 1. The number of nitrogens with one attached hydrogen (secondary N) is 1. The summed E-state index contributed by atoms with van der Waals surface area (Å²) in [6.07, 6.45) is 2.15. The van der Waals surface area contributed by atoms with Gasteiger partial charge in [0, 0.05) is 17.6 Å². The molecule has 0 spiro atoms. The summed E-state index contributed by atoms with van der Waals surface area (Å²) in [7, 11) is 0. The summed E-state index contributed by atoms with van der Waals surface area (Å²) < 4.78 is 19.1. The highest BCUT2D eigenvalue weighted by Gasteiger charge is 2.15. The van der Waals surface area contributed by atoms with Gasteiger partial charge in [-0.05, 0) is 67.2 Å². The maximum Gasteiger partial charge on any atom is 0.260 e. The molecule has 0 bridgehead atoms. The smallest absolute Gasteiger partial charge is 0.260 e. The second-order valence-corrected chi connectivity index (χ2v) is 7.26. The summed E-state index contributed by atoms with van der Waals surface area (Å²) in [5.41, 5.74) is 1.06. The van der Waals surface area contributed by atoms with Crippen molar-refractivity contribution in [2.75, 3.05) is 6.54 Å². The normalized spacial score (nSPS) is 12.0. The van der Waals surface area contributed by atoms with Crippen LogP contribution in [0.2, 0.25) is 0 Å². The first-order valence-corrected chi connectivity index (χ1v) is 9.43. The molecule has 24 heavy (non-hydrogen) atoms. The highest BCUT2D eigenvalue weighted by Crippen LogP contribution is 2.26. The summed E-state index contributed by atoms with van der Waals surface area (Å²) in [4.78, 5) is 16.4. The number of aromatic nitrogens is 1. The van der Waals surface area contributed by atoms with Gasteiger partial charge in [-0.2, -0.15) is 0 Å². The van der Waals surface area contributed by atoms with Crippen LogP contribution in [0.25, 0.3) is 0 Å². The van der Waals surface area contributed by atoms with Gasteiger partial charge in [0.15, 0.2) is 6.10 Å². The average molecular weight is 415 g/mol. The average Bonchev–Trinajstić information content (AvgIpc) is 2.95. The quantitative estimate of drug-likeness (QED) is 0.656. The summed E-state index contributed by atoms with van der Waals surface area (Å²) in [5, 5.41) is 6.04. The molecular weight excluding hydrogens is 395 g/mol. The largest absolute Gasteiger partial charge is 0.480 e. The lowest BCUT2D eigenvalue weighted by Crippen LogP contribution is -2.36. The number of aryl methyl sites for hydroxylation is 2. The molecule has 0 radical (unpaired) electrons. The van der Waals surface area contributed by atoms with E-state index in [1.54, 1.807) is 18.3 Å². The Bertz CT molecular complexity index is 693. The molecule has 1 atom stereocenters. The van der Waals surface area contributed by atoms with E-state index in [4.69, 9.17) is 4.74 Å². The van der Waals surface area contributed by atoms with E-state index in [1.165, 1.54) is 18.2 Å². The Labute approximate surface area is 153 Å². The van der Waals surface area contributed by atoms with Gasteiger partial charge >= 0.3 is 0 Å². The van der Waals surface area contributed by atoms with Gasteiger partial charge in [0.05, 0.1) is 9.48 Å². The van der Waals surface area contributed by atoms with Crippen LogP contribution in [-0.4, -0.2) is 23.5 Å². The third-order valence-electron chi connectivity index (χ3n) is 3.35. The highest BCUT2D eigenvalue weighted by molar-refractivity contribution is 9.10. The summed E-state index contributed by atoms with van der Waals surface area (Å²) >= 11 is 4.89. The van der Waals surface area contributed by atoms with Crippen LogP contribution >= 0.6 is 27.3 Å². The molecule has 0 saturated carbocycles. The molecule has 1 aromatic carbocycles. The van der Waals surface area contributed by atoms with Gasteiger partial charge in [-0.25, -0.2) is 9.37 Å². The topological polar surface area (TPSA) is 51.2 Å². The molecule has 1 aromatic heterocycles. The first kappa shape index (κ1) is 18.9. The minimum absolute atomic E-state index is 0.184. The zero-order valence-electron chi connectivity index (χ0n) is 13.6. The van der Waals surface area contributed by atoms with E-state index in [2.05, 4.69) is 26.2 Å². The predicted molar refractivity (Wildman–Crippen MR) is 97.0 cm³/mol. The number of ether oxygens (including phenoxy) is 1. The van der Waals surface area contributed by atoms with E-state index in [1.807, 2.05) is 12.3 Å². The number of thiazole rings is 1. The van der Waals surface area contributed by atoms with Crippen molar-refractivity contribution in [3.63, 3.8) is 0 Å². The molecule has 1 unspecified atom stereocenters. The van der Waals surface area contributed by atoms with E-state index in [0.717, 1.165) is 30.0 Å². The summed E-state index contributed by atoms with van der Waals surface area (Å²) in [6, 6.07) is 4.10. The number of carbonyl (C=O) groups excluding carboxylic acids is 1. The number of unbranched alkanes of at least 4 members (excludes halogenated alkanes) is 1. The standard InChI is InChI=1S/C17H20BrFN2O2S/c1-11-10-24-16(21-11)5-3-4-8-20-17(22)12(2)23-15-7-6-13(19)9-14(15)18/h6-7,9-10,12H,3-5,8H2,1-2H3,(H,20,22). The fraction of sp³-hybridized carbons (Fsp3) is 0.412. The van der Waals surface area contributed by atoms with Gasteiger partial charge in [0.2, 0.25) is 0 Å². The van der Waals surface area contributed by atoms with Crippen LogP contribution in [0.4, 0.5) is 4.39 Å². The number of halogens is 2. The molecule has 0 aliphatic rings. The molecule has 1 amide bonds. The van der Waals surface area contributed by atoms with Gasteiger partial charge in [0.1, 0.15) is 11.6 Å². The SMILES string of the molecule is Cc1csc(CCCCNC(=O)C(C)Oc2ccc(F)cc2Br)n1. The maximum absolute atomic E-state index is 13.0. The highest BCUT2D eigenvalue weighted by atomic mass is 79.9. The molecule has 130 valence electrons. The van der Waals surface area contributed by atoms with Crippen LogP contribution in [0, 0.1) is 12.7 Å². The minimum Gasteiger partial charge on any atom is -0.480 e. The van der Waals surface area contributed by atoms with Crippen molar-refractivity contribution in [3.8, 4) is 5.75 Å². The Morgan fingerprint density at radius 1 is 1.46 bits per heavy atom. The molecule has 2 rings (SSSR count). The second-order valence-electron chi connectivity index (χ2n) is 5.47. The molecule has 2 aromatic rings. The minimum atomic E-state index is -0.645. The second kappa shape index (κ2) is 9.13. The van der Waals surface area contributed by atoms with Crippen LogP contribution in [-0.2, 0) is 11.2 Å². The van der Waals surface area contributed by atoms with Gasteiger partial charge in [-0.3, -0.25) is 4.79 Å². The Balaban J connectivity index is 1.67. The summed E-state index contributed by atoms with van der Waals surface area (Å²) in [6.45, 7) is 4.26. The lowest BCUT2D eigenvalue weighted by molar-refractivity contribution is -0.127. The van der Waals surface area contributed by atoms with E-state index < -0.39 is 6.10 Å². The van der Waals surface area contributed by atoms with Gasteiger partial charge in [-0.15, -0.1) is 11.3 Å². The van der Waals surface area contributed by atoms with E-state index in [0.29, 0.717) is 16.8 Å². The molecular formula is C17H20BrFN2O2S. The van der Waals surface area contributed by atoms with E-state index in [9.17, 15) is 9.18 Å². The van der Waals surface area contributed by atoms with Crippen molar-refractivity contribution in [2.24, 2.45) is 0 Å². The van der Waals surface area contributed by atoms with Gasteiger partial charge < -0.3 is 10.1 Å². The van der Waals surface area contributed by atoms with Crippen molar-refractivity contribution >= 4 is 33.2 Å². The Morgan fingerprint density at radius 2 is 2.25 bits per heavy atom. The summed E-state index contributed by atoms with van der Waals surface area (Å²) in [5.74, 6) is -0.101. The van der Waals surface area contributed by atoms with Gasteiger partial charge in [0.25, 0.3) is 5.91 Å². The molecule has 0 aliphatic heterocycles. The van der Waals surface area contributed by atoms with E-state index >= 15 is 0 Å². The number of benzene rings is 1. The van der Waals surface area contributed by atoms with Crippen molar-refractivity contribution in [3.05, 3.63) is 44.6 Å². The van der Waals surface area contributed by atoms with Crippen LogP contribution in [0.1, 0.15) is 30.5 Å². The first-order chi connectivity index (χ1) is 11.5. The molecule has 0 fully saturated rings. The molecule has 7 heteroatoms. The lowest BCUT2D eigenvalue weighted by Gasteiger charge is -2.15. The maximum atomic E-state index is 13.0. The van der Waals surface area contributed by atoms with Crippen molar-refractivity contribution < 1.29 is 13.9 Å². The predicted octanol–water partition coefficient (Wildman–Crippen LogP) is 4.26. The number of hydrogen-bond acceptors (Lipinski definition) is 4. The van der Waals surface area contributed by atoms with Crippen LogP contribution < -0.4 is 10.1 Å². The molecule has 0 aliphatic carbocycles. The molecule has 0 saturated heterocycles. The molecule has 4 nitrogen and oxygen atoms in total. The fourth-order valence-corrected chi connectivity index (χ4v) is 3.35. The number of hydrogen-bond donors (Lipinski definition) is 1. The van der Waals surface area contributed by atoms with Crippen LogP contribution in [0.5, 0.6) is 5.75 Å². The van der Waals surface area contributed by atoms with Crippen molar-refractivity contribution in [1.82, 2.24) is 10.3 Å². The lowest BCUT2D eigenvalue weighted by atomic mass is 10.2. The fourth-order valence-electron chi connectivity index (χ4n) is 2.09. The number of nitrogens with zero attached hydrogens (tertiary/aromatic N) is 1. The van der Waals surface area contributed by atoms with Crippen molar-refractivity contribution in [1.29, 1.82) is 0 Å². The molecule has 1 N–H and O–H groups in total. The number of carbonyl (C=O) groups is 1. The first-order valence-electron chi connectivity index (χ1n) is 7.76. The molecule has 1 heterocycles. The number of rotatable bonds is 8. The van der Waals surface area contributed by atoms with Gasteiger partial charge in [-0.1, -0.05) is 0 Å².